The van der Waals surface area contributed by atoms with Crippen LogP contribution in [-0.4, -0.2) is 46.5 Å². The minimum atomic E-state index is -0.112. The van der Waals surface area contributed by atoms with Gasteiger partial charge in [0.05, 0.1) is 6.54 Å². The third-order valence-corrected chi connectivity index (χ3v) is 3.99. The summed E-state index contributed by atoms with van der Waals surface area (Å²) in [5, 5.41) is 7.28. The topological polar surface area (TPSA) is 88.3 Å². The van der Waals surface area contributed by atoms with Crippen LogP contribution in [0, 0.1) is 0 Å². The van der Waals surface area contributed by atoms with Gasteiger partial charge in [-0.3, -0.25) is 9.59 Å². The van der Waals surface area contributed by atoms with E-state index in [1.165, 1.54) is 0 Å². The third-order valence-electron chi connectivity index (χ3n) is 3.74. The zero-order valence-electron chi connectivity index (χ0n) is 13.0. The number of benzene rings is 1. The second-order valence-electron chi connectivity index (χ2n) is 5.54. The highest BCUT2D eigenvalue weighted by molar-refractivity contribution is 6.30. The number of amides is 2. The molecular formula is C16H17ClN4O3. The number of carbonyl (C=O) groups is 2. The van der Waals surface area contributed by atoms with Gasteiger partial charge < -0.3 is 14.7 Å². The van der Waals surface area contributed by atoms with E-state index < -0.39 is 0 Å². The molecule has 3 rings (SSSR count). The van der Waals surface area contributed by atoms with E-state index >= 15 is 0 Å². The predicted molar refractivity (Wildman–Crippen MR) is 87.3 cm³/mol. The van der Waals surface area contributed by atoms with Gasteiger partial charge in [-0.2, -0.15) is 4.98 Å². The molecule has 24 heavy (non-hydrogen) atoms. The SMILES string of the molecule is O=C1CN(C(=O)CCCc2nc(-c3ccc(Cl)cc3)no2)CCN1. The second kappa shape index (κ2) is 7.44. The number of nitrogens with zero attached hydrogens (tertiary/aromatic N) is 3. The van der Waals surface area contributed by atoms with Crippen molar-refractivity contribution in [3.63, 3.8) is 0 Å². The molecule has 1 aromatic carbocycles. The normalized spacial score (nSPS) is 14.5. The molecule has 1 aliphatic heterocycles. The van der Waals surface area contributed by atoms with E-state index in [4.69, 9.17) is 16.1 Å². The van der Waals surface area contributed by atoms with Crippen molar-refractivity contribution in [3.8, 4) is 11.4 Å². The summed E-state index contributed by atoms with van der Waals surface area (Å²) in [6.07, 6.45) is 1.47. The fourth-order valence-electron chi connectivity index (χ4n) is 2.47. The number of carbonyl (C=O) groups excluding carboxylic acids is 2. The average molecular weight is 349 g/mol. The first-order valence-electron chi connectivity index (χ1n) is 7.75. The molecule has 0 radical (unpaired) electrons. The van der Waals surface area contributed by atoms with Crippen molar-refractivity contribution >= 4 is 23.4 Å². The summed E-state index contributed by atoms with van der Waals surface area (Å²) in [5.74, 6) is 0.853. The highest BCUT2D eigenvalue weighted by atomic mass is 35.5. The summed E-state index contributed by atoms with van der Waals surface area (Å²) in [6, 6.07) is 7.17. The first-order valence-corrected chi connectivity index (χ1v) is 8.12. The Morgan fingerprint density at radius 2 is 2.12 bits per heavy atom. The summed E-state index contributed by atoms with van der Waals surface area (Å²) < 4.78 is 5.21. The van der Waals surface area contributed by atoms with Crippen LogP contribution in [0.25, 0.3) is 11.4 Å². The van der Waals surface area contributed by atoms with Gasteiger partial charge in [-0.1, -0.05) is 16.8 Å². The molecule has 0 bridgehead atoms. The Kier molecular flexibility index (Phi) is 5.10. The van der Waals surface area contributed by atoms with Crippen molar-refractivity contribution < 1.29 is 14.1 Å². The third kappa shape index (κ3) is 4.11. The monoisotopic (exact) mass is 348 g/mol. The Balaban J connectivity index is 1.49. The predicted octanol–water partition coefficient (Wildman–Crippen LogP) is 1.67. The quantitative estimate of drug-likeness (QED) is 0.888. The summed E-state index contributed by atoms with van der Waals surface area (Å²) >= 11 is 5.85. The molecule has 0 atom stereocenters. The average Bonchev–Trinajstić information content (AvgIpc) is 3.04. The Morgan fingerprint density at radius 1 is 1.33 bits per heavy atom. The summed E-state index contributed by atoms with van der Waals surface area (Å²) in [5.41, 5.74) is 0.824. The molecule has 0 aliphatic carbocycles. The zero-order valence-corrected chi connectivity index (χ0v) is 13.8. The van der Waals surface area contributed by atoms with Crippen molar-refractivity contribution in [2.75, 3.05) is 19.6 Å². The Morgan fingerprint density at radius 3 is 2.88 bits per heavy atom. The van der Waals surface area contributed by atoms with E-state index in [-0.39, 0.29) is 18.4 Å². The lowest BCUT2D eigenvalue weighted by molar-refractivity contribution is -0.138. The fourth-order valence-corrected chi connectivity index (χ4v) is 2.60. The van der Waals surface area contributed by atoms with Gasteiger partial charge in [0.2, 0.25) is 23.5 Å². The molecule has 2 heterocycles. The van der Waals surface area contributed by atoms with Crippen LogP contribution >= 0.6 is 11.6 Å². The maximum atomic E-state index is 12.1. The van der Waals surface area contributed by atoms with Gasteiger partial charge in [-0.15, -0.1) is 0 Å². The lowest BCUT2D eigenvalue weighted by Gasteiger charge is -2.26. The number of nitrogens with one attached hydrogen (secondary N) is 1. The molecule has 2 aromatic rings. The number of aryl methyl sites for hydroxylation is 1. The Labute approximate surface area is 144 Å². The van der Waals surface area contributed by atoms with Gasteiger partial charge >= 0.3 is 0 Å². The Bertz CT molecular complexity index is 729. The van der Waals surface area contributed by atoms with Gasteiger partial charge in [0.25, 0.3) is 0 Å². The number of aromatic nitrogens is 2. The zero-order chi connectivity index (χ0) is 16.9. The molecule has 1 saturated heterocycles. The highest BCUT2D eigenvalue weighted by Gasteiger charge is 2.20. The molecule has 1 aliphatic rings. The molecular weight excluding hydrogens is 332 g/mol. The van der Waals surface area contributed by atoms with Gasteiger partial charge in [-0.25, -0.2) is 0 Å². The number of rotatable bonds is 5. The molecule has 7 nitrogen and oxygen atoms in total. The van der Waals surface area contributed by atoms with Gasteiger partial charge in [0, 0.05) is 36.5 Å². The number of hydrogen-bond acceptors (Lipinski definition) is 5. The number of piperazine rings is 1. The number of hydrogen-bond donors (Lipinski definition) is 1. The van der Waals surface area contributed by atoms with E-state index in [1.54, 1.807) is 17.0 Å². The first kappa shape index (κ1) is 16.4. The molecule has 1 aromatic heterocycles. The summed E-state index contributed by atoms with van der Waals surface area (Å²) in [4.78, 5) is 29.2. The summed E-state index contributed by atoms with van der Waals surface area (Å²) in [7, 11) is 0. The smallest absolute Gasteiger partial charge is 0.239 e. The molecule has 8 heteroatoms. The van der Waals surface area contributed by atoms with Crippen molar-refractivity contribution in [2.45, 2.75) is 19.3 Å². The summed E-state index contributed by atoms with van der Waals surface area (Å²) in [6.45, 7) is 1.21. The van der Waals surface area contributed by atoms with Crippen molar-refractivity contribution in [3.05, 3.63) is 35.2 Å². The van der Waals surface area contributed by atoms with E-state index in [9.17, 15) is 9.59 Å². The first-order chi connectivity index (χ1) is 11.6. The molecule has 0 unspecified atom stereocenters. The lowest BCUT2D eigenvalue weighted by atomic mass is 10.2. The lowest BCUT2D eigenvalue weighted by Crippen LogP contribution is -2.49. The largest absolute Gasteiger partial charge is 0.353 e. The van der Waals surface area contributed by atoms with Gasteiger partial charge in [0.1, 0.15) is 0 Å². The van der Waals surface area contributed by atoms with Crippen LogP contribution in [0.4, 0.5) is 0 Å². The van der Waals surface area contributed by atoms with Crippen LogP contribution in [0.2, 0.25) is 5.02 Å². The highest BCUT2D eigenvalue weighted by Crippen LogP contribution is 2.19. The maximum Gasteiger partial charge on any atom is 0.239 e. The van der Waals surface area contributed by atoms with E-state index in [0.29, 0.717) is 49.1 Å². The molecule has 2 amide bonds. The molecule has 1 N–H and O–H groups in total. The van der Waals surface area contributed by atoms with E-state index in [2.05, 4.69) is 15.5 Å². The van der Waals surface area contributed by atoms with Crippen molar-refractivity contribution in [1.29, 1.82) is 0 Å². The minimum absolute atomic E-state index is 0.0257. The number of halogens is 1. The van der Waals surface area contributed by atoms with Crippen LogP contribution in [0.15, 0.2) is 28.8 Å². The fraction of sp³-hybridized carbons (Fsp3) is 0.375. The van der Waals surface area contributed by atoms with Crippen LogP contribution < -0.4 is 5.32 Å². The van der Waals surface area contributed by atoms with Crippen LogP contribution in [0.1, 0.15) is 18.7 Å². The molecule has 0 spiro atoms. The van der Waals surface area contributed by atoms with Crippen LogP contribution in [0.5, 0.6) is 0 Å². The minimum Gasteiger partial charge on any atom is -0.353 e. The van der Waals surface area contributed by atoms with Crippen molar-refractivity contribution in [1.82, 2.24) is 20.4 Å². The molecule has 0 saturated carbocycles. The second-order valence-corrected chi connectivity index (χ2v) is 5.97. The molecule has 1 fully saturated rings. The van der Waals surface area contributed by atoms with Gasteiger partial charge in [-0.05, 0) is 30.7 Å². The van der Waals surface area contributed by atoms with Crippen LogP contribution in [0.3, 0.4) is 0 Å². The van der Waals surface area contributed by atoms with E-state index in [1.807, 2.05) is 12.1 Å². The van der Waals surface area contributed by atoms with E-state index in [0.717, 1.165) is 5.56 Å². The standard InChI is InChI=1S/C16H17ClN4O3/c17-12-6-4-11(5-7-12)16-19-14(24-20-16)2-1-3-15(23)21-9-8-18-13(22)10-21/h4-7H,1-3,8-10H2,(H,18,22). The maximum absolute atomic E-state index is 12.1. The van der Waals surface area contributed by atoms with Gasteiger partial charge in [0.15, 0.2) is 0 Å². The Hall–Kier alpha value is -2.41. The van der Waals surface area contributed by atoms with Crippen LogP contribution in [-0.2, 0) is 16.0 Å². The molecule has 126 valence electrons. The van der Waals surface area contributed by atoms with Crippen molar-refractivity contribution in [2.24, 2.45) is 0 Å².